The van der Waals surface area contributed by atoms with Gasteiger partial charge >= 0.3 is 25.5 Å². The number of carbonyl (C=O) groups excluding carboxylic acids is 3. The van der Waals surface area contributed by atoms with Crippen molar-refractivity contribution >= 4 is 42.1 Å². The number of methoxy groups -OCH3 is 3. The molecule has 17 nitrogen and oxygen atoms in total. The molecule has 4 fully saturated rings. The highest BCUT2D eigenvalue weighted by Crippen LogP contribution is 2.70. The summed E-state index contributed by atoms with van der Waals surface area (Å²) in [5.74, 6) is -2.79. The van der Waals surface area contributed by atoms with Gasteiger partial charge in [0.05, 0.1) is 51.3 Å². The van der Waals surface area contributed by atoms with E-state index in [-0.39, 0.29) is 31.3 Å². The Labute approximate surface area is 411 Å². The van der Waals surface area contributed by atoms with Gasteiger partial charge in [0.15, 0.2) is 6.10 Å². The Morgan fingerprint density at radius 1 is 0.957 bits per heavy atom. The van der Waals surface area contributed by atoms with Gasteiger partial charge in [0.1, 0.15) is 5.41 Å². The summed E-state index contributed by atoms with van der Waals surface area (Å²) in [6, 6.07) is 4.76. The van der Waals surface area contributed by atoms with E-state index in [9.17, 15) is 24.4 Å². The van der Waals surface area contributed by atoms with Crippen molar-refractivity contribution < 1.29 is 57.2 Å². The molecule has 1 spiro atoms. The highest BCUT2D eigenvalue weighted by atomic mass is 31.2. The number of nitrogens with zero attached hydrogens (tertiary/aromatic N) is 3. The summed E-state index contributed by atoms with van der Waals surface area (Å²) in [5.41, 5.74) is -1.73. The molecule has 2 aromatic rings. The Hall–Kier alpha value is -4.06. The molecule has 384 valence electrons. The van der Waals surface area contributed by atoms with Crippen molar-refractivity contribution in [3.63, 3.8) is 0 Å². The molecule has 7 aliphatic rings. The van der Waals surface area contributed by atoms with Gasteiger partial charge in [0, 0.05) is 105 Å². The molecule has 1 aromatic carbocycles. The molecule has 3 unspecified atom stereocenters. The molecular formula is C52H74N5O12P. The van der Waals surface area contributed by atoms with Gasteiger partial charge in [-0.25, -0.2) is 4.79 Å². The number of piperidine rings is 1. The quantitative estimate of drug-likeness (QED) is 0.0774. The predicted octanol–water partition coefficient (Wildman–Crippen LogP) is 5.31. The van der Waals surface area contributed by atoms with Gasteiger partial charge in [-0.3, -0.25) is 24.0 Å². The maximum Gasteiger partial charge on any atom is 0.344 e. The Morgan fingerprint density at radius 3 is 2.36 bits per heavy atom. The van der Waals surface area contributed by atoms with E-state index in [2.05, 4.69) is 38.3 Å². The largest absolute Gasteiger partial charge is 0.468 e. The summed E-state index contributed by atoms with van der Waals surface area (Å²) in [6.07, 6.45) is 9.40. The number of hydrogen-bond acceptors (Lipinski definition) is 16. The Kier molecular flexibility index (Phi) is 13.6. The molecule has 12 atom stereocenters. The maximum atomic E-state index is 15.7. The summed E-state index contributed by atoms with van der Waals surface area (Å²) in [7, 11) is 2.89. The average molecular weight is 992 g/mol. The fourth-order valence-corrected chi connectivity index (χ4v) is 16.5. The molecule has 1 aromatic heterocycles. The van der Waals surface area contributed by atoms with Crippen molar-refractivity contribution in [3.05, 3.63) is 65.0 Å². The Balaban J connectivity index is 1.26. The number of aliphatic hydroxyl groups is 2. The summed E-state index contributed by atoms with van der Waals surface area (Å²) in [5, 5.41) is 30.0. The van der Waals surface area contributed by atoms with E-state index in [1.807, 2.05) is 50.1 Å². The Morgan fingerprint density at radius 2 is 1.70 bits per heavy atom. The molecule has 0 radical (unpaired) electrons. The number of H-pyrrole nitrogens is 1. The summed E-state index contributed by atoms with van der Waals surface area (Å²) in [4.78, 5) is 53.9. The lowest BCUT2D eigenvalue weighted by molar-refractivity contribution is -0.243. The van der Waals surface area contributed by atoms with Crippen molar-refractivity contribution in [1.82, 2.24) is 19.7 Å². The van der Waals surface area contributed by atoms with Crippen LogP contribution in [0.25, 0.3) is 10.9 Å². The summed E-state index contributed by atoms with van der Waals surface area (Å²) < 4.78 is 48.9. The number of carbonyl (C=O) groups is 3. The fourth-order valence-electron chi connectivity index (χ4n) is 15.0. The zero-order chi connectivity index (χ0) is 50.2. The molecule has 3 saturated heterocycles. The number of nitrogens with one attached hydrogen (secondary N) is 2. The number of likely N-dealkylation sites (N-methyl/N-ethyl adjacent to an activating group) is 1. The third kappa shape index (κ3) is 7.57. The molecule has 0 amide bonds. The number of aromatic amines is 1. The smallest absolute Gasteiger partial charge is 0.344 e. The van der Waals surface area contributed by atoms with Gasteiger partial charge in [-0.05, 0) is 100 Å². The third-order valence-electron chi connectivity index (χ3n) is 17.5. The zero-order valence-electron chi connectivity index (χ0n) is 42.4. The van der Waals surface area contributed by atoms with E-state index in [0.29, 0.717) is 77.8 Å². The lowest BCUT2D eigenvalue weighted by Gasteiger charge is -2.63. The van der Waals surface area contributed by atoms with E-state index < -0.39 is 77.1 Å². The van der Waals surface area contributed by atoms with Crippen molar-refractivity contribution in [3.8, 4) is 0 Å². The fraction of sp³-hybridized carbons (Fsp3) is 0.673. The Bertz CT molecular complexity index is 2520. The predicted molar refractivity (Wildman–Crippen MR) is 263 cm³/mol. The topological polar surface area (TPSA) is 202 Å². The van der Waals surface area contributed by atoms with Crippen LogP contribution < -0.4 is 5.32 Å². The second kappa shape index (κ2) is 18.8. The van der Waals surface area contributed by atoms with Crippen LogP contribution in [0.5, 0.6) is 0 Å². The van der Waals surface area contributed by atoms with Crippen LogP contribution in [-0.4, -0.2) is 170 Å². The molecule has 4 N–H and O–H groups in total. The second-order valence-corrected chi connectivity index (χ2v) is 23.1. The zero-order valence-corrected chi connectivity index (χ0v) is 43.3. The van der Waals surface area contributed by atoms with Gasteiger partial charge in [-0.1, -0.05) is 32.1 Å². The van der Waals surface area contributed by atoms with E-state index in [0.717, 1.165) is 39.1 Å². The van der Waals surface area contributed by atoms with Crippen LogP contribution in [-0.2, 0) is 58.8 Å². The molecule has 2 bridgehead atoms. The lowest BCUT2D eigenvalue weighted by Crippen LogP contribution is -2.79. The first-order valence-electron chi connectivity index (χ1n) is 25.3. The number of esters is 3. The van der Waals surface area contributed by atoms with Crippen molar-refractivity contribution in [1.29, 1.82) is 0 Å². The average Bonchev–Trinajstić information content (AvgIpc) is 4.00. The number of rotatable bonds is 15. The van der Waals surface area contributed by atoms with Crippen molar-refractivity contribution in [2.24, 2.45) is 22.7 Å². The molecular weight excluding hydrogens is 918 g/mol. The maximum absolute atomic E-state index is 15.7. The number of ether oxygens (including phenoxy) is 4. The highest BCUT2D eigenvalue weighted by Gasteiger charge is 2.81. The summed E-state index contributed by atoms with van der Waals surface area (Å²) >= 11 is 0. The first kappa shape index (κ1) is 50.9. The van der Waals surface area contributed by atoms with Gasteiger partial charge in [0.2, 0.25) is 5.60 Å². The molecule has 18 heteroatoms. The lowest BCUT2D eigenvalue weighted by atomic mass is 9.47. The van der Waals surface area contributed by atoms with Gasteiger partial charge in [-0.2, -0.15) is 0 Å². The second-order valence-electron chi connectivity index (χ2n) is 20.9. The number of allylic oxidation sites excluding steroid dienone is 1. The van der Waals surface area contributed by atoms with Crippen molar-refractivity contribution in [2.45, 2.75) is 114 Å². The number of likely N-dealkylation sites (tertiary alicyclic amines) is 1. The molecule has 1 saturated carbocycles. The third-order valence-corrected chi connectivity index (χ3v) is 19.5. The van der Waals surface area contributed by atoms with Crippen LogP contribution in [0.2, 0.25) is 0 Å². The molecule has 70 heavy (non-hydrogen) atoms. The number of benzene rings is 1. The molecule has 9 rings (SSSR count). The van der Waals surface area contributed by atoms with Crippen LogP contribution >= 0.6 is 7.60 Å². The van der Waals surface area contributed by atoms with Crippen LogP contribution in [0.3, 0.4) is 0 Å². The van der Waals surface area contributed by atoms with E-state index >= 15 is 4.79 Å². The van der Waals surface area contributed by atoms with Crippen LogP contribution in [0.1, 0.15) is 78.0 Å². The van der Waals surface area contributed by atoms with E-state index in [1.165, 1.54) is 21.1 Å². The van der Waals surface area contributed by atoms with Gasteiger partial charge < -0.3 is 53.4 Å². The monoisotopic (exact) mass is 992 g/mol. The number of hydrogen-bond donors (Lipinski definition) is 4. The molecule has 6 heterocycles. The number of fused-ring (bicyclic) bond motifs is 6. The number of anilines is 1. The van der Waals surface area contributed by atoms with Crippen LogP contribution in [0.4, 0.5) is 5.69 Å². The van der Waals surface area contributed by atoms with E-state index in [4.69, 9.17) is 28.0 Å². The number of aromatic nitrogens is 1. The first-order valence-corrected chi connectivity index (χ1v) is 27.1. The molecule has 5 aliphatic heterocycles. The minimum absolute atomic E-state index is 0.140. The van der Waals surface area contributed by atoms with Crippen molar-refractivity contribution in [2.75, 3.05) is 92.3 Å². The van der Waals surface area contributed by atoms with Crippen LogP contribution in [0, 0.1) is 22.7 Å². The van der Waals surface area contributed by atoms with Crippen LogP contribution in [0.15, 0.2) is 53.8 Å². The minimum atomic E-state index is -3.30. The van der Waals surface area contributed by atoms with E-state index in [1.54, 1.807) is 21.0 Å². The van der Waals surface area contributed by atoms with Gasteiger partial charge in [0.25, 0.3) is 0 Å². The first-order chi connectivity index (χ1) is 33.4. The highest BCUT2D eigenvalue weighted by molar-refractivity contribution is 7.53. The normalized spacial score (nSPS) is 36.6. The minimum Gasteiger partial charge on any atom is -0.468 e. The molecule has 2 aliphatic carbocycles. The standard InChI is InChI=1S/C52H74N5O12P/c1-10-48(61)28-33-29-51(46(59)65-8,42-35(17-22-56(30-33)31-48)36-25-34(15-16-39(36)54-42)53-20-24-70(63,67-12-3)68-13-4)38-26-37-40(27-41(38)64-7)55(6)44-50(37)19-23-57-21-14-18-49(11-2,43(50)57)45(69-32(5)58)52(44,62)47(60)66-9/h14-16,18,25-27,33,38,41,43-45,53-54,61-62H,10-13,17,19-24,28-31H2,1-9H3/t33-,38?,41?,43-,44+,45+,48-,49+,50+,51-,52-/m0/s1. The SMILES string of the molecule is CCOP(=O)(CCNc1ccc2[nH]c3c(c2c1)CCN1C[C@@H](C[C@@](O)(CC)C1)C[C@]3(C(=O)OC)C1C=C2C(=CC1OC)N(C)[C@H]1[C@@](O)(C(=O)OC)[C@H](OC(C)=O)[C@]3(CC)C=CCN4CC[C@]21[C@@H]43)OCC. The van der Waals surface area contributed by atoms with Gasteiger partial charge in [-0.15, -0.1) is 0 Å². The summed E-state index contributed by atoms with van der Waals surface area (Å²) in [6.45, 7) is 12.9.